The van der Waals surface area contributed by atoms with Crippen LogP contribution in [-0.2, 0) is 0 Å². The van der Waals surface area contributed by atoms with Crippen molar-refractivity contribution in [2.24, 2.45) is 0 Å². The molecule has 0 spiro atoms. The Kier molecular flexibility index (Phi) is 3.75. The molecule has 90 valence electrons. The number of nitrogens with one attached hydrogen (secondary N) is 1. The van der Waals surface area contributed by atoms with E-state index in [-0.39, 0.29) is 0 Å². The van der Waals surface area contributed by atoms with Gasteiger partial charge in [-0.05, 0) is 44.0 Å². The summed E-state index contributed by atoms with van der Waals surface area (Å²) in [6.45, 7) is 4.48. The van der Waals surface area contributed by atoms with Crippen molar-refractivity contribution in [2.75, 3.05) is 7.05 Å². The van der Waals surface area contributed by atoms with Crippen LogP contribution < -0.4 is 5.32 Å². The summed E-state index contributed by atoms with van der Waals surface area (Å²) in [7, 11) is 2.02. The summed E-state index contributed by atoms with van der Waals surface area (Å²) in [5.74, 6) is 0.535. The van der Waals surface area contributed by atoms with Gasteiger partial charge in [-0.1, -0.05) is 25.1 Å². The quantitative estimate of drug-likeness (QED) is 0.868. The minimum Gasteiger partial charge on any atom is -0.317 e. The third kappa shape index (κ3) is 2.32. The van der Waals surface area contributed by atoms with Crippen molar-refractivity contribution >= 4 is 10.9 Å². The van der Waals surface area contributed by atoms with E-state index in [1.807, 2.05) is 19.3 Å². The molecule has 17 heavy (non-hydrogen) atoms. The Labute approximate surface area is 103 Å². The van der Waals surface area contributed by atoms with Crippen molar-refractivity contribution < 1.29 is 0 Å². The van der Waals surface area contributed by atoms with Crippen LogP contribution in [0.4, 0.5) is 0 Å². The molecule has 2 nitrogen and oxygen atoms in total. The van der Waals surface area contributed by atoms with Crippen LogP contribution in [-0.4, -0.2) is 18.1 Å². The van der Waals surface area contributed by atoms with Gasteiger partial charge >= 0.3 is 0 Å². The fraction of sp³-hybridized carbons (Fsp3) is 0.400. The van der Waals surface area contributed by atoms with Crippen molar-refractivity contribution in [1.29, 1.82) is 0 Å². The van der Waals surface area contributed by atoms with Crippen LogP contribution in [0.3, 0.4) is 0 Å². The molecule has 1 heterocycles. The van der Waals surface area contributed by atoms with E-state index in [4.69, 9.17) is 0 Å². The molecule has 2 heteroatoms. The lowest BCUT2D eigenvalue weighted by atomic mass is 9.88. The zero-order valence-corrected chi connectivity index (χ0v) is 10.8. The van der Waals surface area contributed by atoms with Gasteiger partial charge in [-0.2, -0.15) is 0 Å². The Morgan fingerprint density at radius 1 is 1.24 bits per heavy atom. The lowest BCUT2D eigenvalue weighted by Gasteiger charge is -2.23. The number of rotatable bonds is 4. The monoisotopic (exact) mass is 228 g/mol. The molecule has 0 bridgehead atoms. The van der Waals surface area contributed by atoms with Gasteiger partial charge in [0.1, 0.15) is 0 Å². The summed E-state index contributed by atoms with van der Waals surface area (Å²) in [4.78, 5) is 4.42. The lowest BCUT2D eigenvalue weighted by Crippen LogP contribution is -2.28. The molecule has 2 aromatic rings. The minimum absolute atomic E-state index is 0.478. The standard InChI is InChI=1S/C15H20N2/c1-4-12(11(2)16-3)13-9-10-17-15-8-6-5-7-14(13)15/h5-12,16H,4H2,1-3H3. The van der Waals surface area contributed by atoms with Gasteiger partial charge in [-0.15, -0.1) is 0 Å². The van der Waals surface area contributed by atoms with Gasteiger partial charge in [0, 0.05) is 17.6 Å². The first kappa shape index (κ1) is 12.1. The van der Waals surface area contributed by atoms with Crippen LogP contribution in [0.1, 0.15) is 31.7 Å². The molecule has 0 aliphatic rings. The maximum atomic E-state index is 4.42. The molecule has 2 atom stereocenters. The van der Waals surface area contributed by atoms with Crippen molar-refractivity contribution in [3.05, 3.63) is 42.1 Å². The summed E-state index contributed by atoms with van der Waals surface area (Å²) in [5.41, 5.74) is 2.49. The second-order valence-corrected chi connectivity index (χ2v) is 4.51. The highest BCUT2D eigenvalue weighted by Crippen LogP contribution is 2.29. The Morgan fingerprint density at radius 3 is 2.71 bits per heavy atom. The van der Waals surface area contributed by atoms with Crippen LogP contribution in [0.25, 0.3) is 10.9 Å². The molecule has 0 saturated carbocycles. The summed E-state index contributed by atoms with van der Waals surface area (Å²) < 4.78 is 0. The number of para-hydroxylation sites is 1. The number of hydrogen-bond acceptors (Lipinski definition) is 2. The van der Waals surface area contributed by atoms with Crippen molar-refractivity contribution in [2.45, 2.75) is 32.2 Å². The van der Waals surface area contributed by atoms with E-state index < -0.39 is 0 Å². The zero-order valence-electron chi connectivity index (χ0n) is 10.8. The van der Waals surface area contributed by atoms with Gasteiger partial charge in [0.15, 0.2) is 0 Å². The Hall–Kier alpha value is -1.41. The number of fused-ring (bicyclic) bond motifs is 1. The molecule has 2 rings (SSSR count). The first-order valence-corrected chi connectivity index (χ1v) is 6.28. The van der Waals surface area contributed by atoms with E-state index in [2.05, 4.69) is 48.4 Å². The number of aromatic nitrogens is 1. The first-order valence-electron chi connectivity index (χ1n) is 6.28. The smallest absolute Gasteiger partial charge is 0.0704 e. The number of hydrogen-bond donors (Lipinski definition) is 1. The third-order valence-corrected chi connectivity index (χ3v) is 3.58. The molecule has 1 N–H and O–H groups in total. The molecule has 1 aromatic heterocycles. The number of pyridine rings is 1. The van der Waals surface area contributed by atoms with E-state index >= 15 is 0 Å². The predicted molar refractivity (Wildman–Crippen MR) is 73.3 cm³/mol. The van der Waals surface area contributed by atoms with Crippen LogP contribution in [0.15, 0.2) is 36.5 Å². The molecular formula is C15H20N2. The average Bonchev–Trinajstić information content (AvgIpc) is 2.39. The molecule has 0 saturated heterocycles. The highest BCUT2D eigenvalue weighted by Gasteiger charge is 2.18. The summed E-state index contributed by atoms with van der Waals surface area (Å²) >= 11 is 0. The maximum Gasteiger partial charge on any atom is 0.0704 e. The largest absolute Gasteiger partial charge is 0.317 e. The second-order valence-electron chi connectivity index (χ2n) is 4.51. The SMILES string of the molecule is CCC(c1ccnc2ccccc12)C(C)NC. The van der Waals surface area contributed by atoms with E-state index in [9.17, 15) is 0 Å². The van der Waals surface area contributed by atoms with Gasteiger partial charge in [-0.25, -0.2) is 0 Å². The Balaban J connectivity index is 2.53. The van der Waals surface area contributed by atoms with Crippen LogP contribution >= 0.6 is 0 Å². The van der Waals surface area contributed by atoms with Crippen molar-refractivity contribution in [1.82, 2.24) is 10.3 Å². The topological polar surface area (TPSA) is 24.9 Å². The summed E-state index contributed by atoms with van der Waals surface area (Å²) in [6.07, 6.45) is 3.05. The molecule has 0 aliphatic heterocycles. The molecule has 2 unspecified atom stereocenters. The average molecular weight is 228 g/mol. The van der Waals surface area contributed by atoms with Crippen molar-refractivity contribution in [3.8, 4) is 0 Å². The van der Waals surface area contributed by atoms with E-state index in [0.29, 0.717) is 12.0 Å². The molecular weight excluding hydrogens is 208 g/mol. The second kappa shape index (κ2) is 5.28. The first-order chi connectivity index (χ1) is 8.27. The lowest BCUT2D eigenvalue weighted by molar-refractivity contribution is 0.485. The predicted octanol–water partition coefficient (Wildman–Crippen LogP) is 3.34. The van der Waals surface area contributed by atoms with E-state index in [1.54, 1.807) is 0 Å². The molecule has 0 fully saturated rings. The fourth-order valence-corrected chi connectivity index (χ4v) is 2.49. The summed E-state index contributed by atoms with van der Waals surface area (Å²) in [5, 5.41) is 4.64. The maximum absolute atomic E-state index is 4.42. The summed E-state index contributed by atoms with van der Waals surface area (Å²) in [6, 6.07) is 11.0. The van der Waals surface area contributed by atoms with Gasteiger partial charge < -0.3 is 5.32 Å². The van der Waals surface area contributed by atoms with Gasteiger partial charge in [0.05, 0.1) is 5.52 Å². The highest BCUT2D eigenvalue weighted by molar-refractivity contribution is 5.82. The number of benzene rings is 1. The molecule has 0 amide bonds. The Bertz CT molecular complexity index is 488. The zero-order chi connectivity index (χ0) is 12.3. The fourth-order valence-electron chi connectivity index (χ4n) is 2.49. The van der Waals surface area contributed by atoms with Gasteiger partial charge in [0.25, 0.3) is 0 Å². The normalized spacial score (nSPS) is 14.8. The van der Waals surface area contributed by atoms with Gasteiger partial charge in [0.2, 0.25) is 0 Å². The number of nitrogens with zero attached hydrogens (tertiary/aromatic N) is 1. The molecule has 0 aliphatic carbocycles. The highest BCUT2D eigenvalue weighted by atomic mass is 14.9. The van der Waals surface area contributed by atoms with Crippen LogP contribution in [0, 0.1) is 0 Å². The van der Waals surface area contributed by atoms with Crippen LogP contribution in [0.5, 0.6) is 0 Å². The minimum atomic E-state index is 0.478. The van der Waals surface area contributed by atoms with E-state index in [1.165, 1.54) is 10.9 Å². The third-order valence-electron chi connectivity index (χ3n) is 3.58. The molecule has 1 aromatic carbocycles. The van der Waals surface area contributed by atoms with Gasteiger partial charge in [-0.3, -0.25) is 4.98 Å². The Morgan fingerprint density at radius 2 is 2.00 bits per heavy atom. The van der Waals surface area contributed by atoms with E-state index in [0.717, 1.165) is 11.9 Å². The van der Waals surface area contributed by atoms with Crippen molar-refractivity contribution in [3.63, 3.8) is 0 Å². The molecule has 0 radical (unpaired) electrons. The number of likely N-dealkylation sites (N-methyl/N-ethyl adjacent to an activating group) is 1. The van der Waals surface area contributed by atoms with Crippen LogP contribution in [0.2, 0.25) is 0 Å².